The second kappa shape index (κ2) is 4.78. The van der Waals surface area contributed by atoms with Gasteiger partial charge in [-0.25, -0.2) is 4.98 Å². The summed E-state index contributed by atoms with van der Waals surface area (Å²) in [5.41, 5.74) is 1.29. The van der Waals surface area contributed by atoms with Gasteiger partial charge in [0, 0.05) is 20.0 Å². The van der Waals surface area contributed by atoms with Crippen LogP contribution in [0.1, 0.15) is 11.4 Å². The number of benzene rings is 1. The Kier molecular flexibility index (Phi) is 2.98. The third-order valence-corrected chi connectivity index (χ3v) is 3.17. The first-order valence-corrected chi connectivity index (χ1v) is 6.11. The first-order chi connectivity index (χ1) is 8.83. The molecule has 1 atom stereocenters. The van der Waals surface area contributed by atoms with Crippen molar-refractivity contribution in [3.8, 4) is 5.75 Å². The molecule has 0 amide bonds. The van der Waals surface area contributed by atoms with Crippen LogP contribution >= 0.6 is 0 Å². The minimum absolute atomic E-state index is 0.218. The topological polar surface area (TPSA) is 52.0 Å². The van der Waals surface area contributed by atoms with Gasteiger partial charge in [-0.1, -0.05) is 18.2 Å². The number of para-hydroxylation sites is 1. The van der Waals surface area contributed by atoms with E-state index < -0.39 is 0 Å². The van der Waals surface area contributed by atoms with Crippen molar-refractivity contribution in [1.82, 2.24) is 20.1 Å². The lowest BCUT2D eigenvalue weighted by Gasteiger charge is -2.11. The number of hydrogen-bond acceptors (Lipinski definition) is 4. The fourth-order valence-electron chi connectivity index (χ4n) is 2.19. The molecule has 1 aromatic carbocycles. The van der Waals surface area contributed by atoms with Crippen molar-refractivity contribution >= 4 is 0 Å². The van der Waals surface area contributed by atoms with Gasteiger partial charge in [0.15, 0.2) is 0 Å². The molecule has 1 N–H and O–H groups in total. The fourth-order valence-corrected chi connectivity index (χ4v) is 2.19. The Hall–Kier alpha value is -1.88. The highest BCUT2D eigenvalue weighted by molar-refractivity contribution is 5.37. The van der Waals surface area contributed by atoms with E-state index in [1.54, 1.807) is 11.0 Å². The second-order valence-corrected chi connectivity index (χ2v) is 4.48. The molecule has 5 nitrogen and oxygen atoms in total. The van der Waals surface area contributed by atoms with E-state index in [9.17, 15) is 0 Å². The predicted molar refractivity (Wildman–Crippen MR) is 67.3 cm³/mol. The van der Waals surface area contributed by atoms with Gasteiger partial charge in [-0.15, -0.1) is 0 Å². The van der Waals surface area contributed by atoms with E-state index in [0.29, 0.717) is 6.54 Å². The number of hydrogen-bond donors (Lipinski definition) is 1. The van der Waals surface area contributed by atoms with Gasteiger partial charge in [0.1, 0.15) is 24.0 Å². The number of ether oxygens (including phenoxy) is 1. The molecule has 0 aliphatic carbocycles. The molecule has 1 unspecified atom stereocenters. The third-order valence-electron chi connectivity index (χ3n) is 3.17. The number of fused-ring (bicyclic) bond motifs is 1. The molecule has 5 heteroatoms. The fraction of sp³-hybridized carbons (Fsp3) is 0.385. The van der Waals surface area contributed by atoms with Crippen LogP contribution in [0.15, 0.2) is 30.6 Å². The van der Waals surface area contributed by atoms with Crippen molar-refractivity contribution in [1.29, 1.82) is 0 Å². The molecule has 94 valence electrons. The van der Waals surface area contributed by atoms with Crippen molar-refractivity contribution in [3.63, 3.8) is 0 Å². The van der Waals surface area contributed by atoms with E-state index in [0.717, 1.165) is 24.5 Å². The van der Waals surface area contributed by atoms with Crippen LogP contribution in [0.5, 0.6) is 5.75 Å². The minimum atomic E-state index is 0.218. The quantitative estimate of drug-likeness (QED) is 0.868. The average Bonchev–Trinajstić information content (AvgIpc) is 2.96. The van der Waals surface area contributed by atoms with Gasteiger partial charge in [0.05, 0.1) is 6.54 Å². The van der Waals surface area contributed by atoms with Crippen molar-refractivity contribution in [2.24, 2.45) is 7.05 Å². The van der Waals surface area contributed by atoms with Gasteiger partial charge in [0.25, 0.3) is 0 Å². The molecule has 0 saturated carbocycles. The lowest BCUT2D eigenvalue weighted by molar-refractivity contribution is 0.226. The summed E-state index contributed by atoms with van der Waals surface area (Å²) in [6.45, 7) is 1.54. The van der Waals surface area contributed by atoms with Crippen molar-refractivity contribution in [2.45, 2.75) is 19.1 Å². The molecule has 0 bridgehead atoms. The van der Waals surface area contributed by atoms with E-state index in [1.807, 2.05) is 19.2 Å². The number of aromatic nitrogens is 3. The summed E-state index contributed by atoms with van der Waals surface area (Å²) in [5.74, 6) is 1.95. The van der Waals surface area contributed by atoms with Gasteiger partial charge in [-0.05, 0) is 11.6 Å². The van der Waals surface area contributed by atoms with E-state index >= 15 is 0 Å². The van der Waals surface area contributed by atoms with Crippen molar-refractivity contribution < 1.29 is 4.74 Å². The normalized spacial score (nSPS) is 17.5. The zero-order chi connectivity index (χ0) is 12.4. The standard InChI is InChI=1S/C13H16N4O/c1-17-13(15-9-16-17)8-14-7-11-6-10-4-2-3-5-12(10)18-11/h2-5,9,11,14H,6-8H2,1H3. The van der Waals surface area contributed by atoms with Crippen LogP contribution in [0.25, 0.3) is 0 Å². The highest BCUT2D eigenvalue weighted by atomic mass is 16.5. The molecule has 0 saturated heterocycles. The highest BCUT2D eigenvalue weighted by Gasteiger charge is 2.21. The third kappa shape index (κ3) is 2.22. The number of nitrogens with one attached hydrogen (secondary N) is 1. The highest BCUT2D eigenvalue weighted by Crippen LogP contribution is 2.27. The Bertz CT molecular complexity index is 512. The lowest BCUT2D eigenvalue weighted by atomic mass is 10.1. The van der Waals surface area contributed by atoms with Gasteiger partial charge >= 0.3 is 0 Å². The molecule has 3 rings (SSSR count). The van der Waals surface area contributed by atoms with E-state index in [2.05, 4.69) is 27.5 Å². The summed E-state index contributed by atoms with van der Waals surface area (Å²) >= 11 is 0. The molecule has 0 fully saturated rings. The Morgan fingerprint density at radius 1 is 1.44 bits per heavy atom. The molecule has 1 aromatic heterocycles. The van der Waals surface area contributed by atoms with Gasteiger partial charge in [-0.2, -0.15) is 5.10 Å². The molecule has 1 aliphatic rings. The summed E-state index contributed by atoms with van der Waals surface area (Å²) in [4.78, 5) is 4.17. The Labute approximate surface area is 106 Å². The van der Waals surface area contributed by atoms with Crippen LogP contribution in [0.4, 0.5) is 0 Å². The van der Waals surface area contributed by atoms with E-state index in [1.165, 1.54) is 5.56 Å². The zero-order valence-electron chi connectivity index (χ0n) is 10.3. The molecular weight excluding hydrogens is 228 g/mol. The van der Waals surface area contributed by atoms with Gasteiger partial charge in [0.2, 0.25) is 0 Å². The summed E-state index contributed by atoms with van der Waals surface area (Å²) in [6.07, 6.45) is 2.76. The number of nitrogens with zero attached hydrogens (tertiary/aromatic N) is 3. The van der Waals surface area contributed by atoms with Crippen LogP contribution in [-0.4, -0.2) is 27.4 Å². The first-order valence-electron chi connectivity index (χ1n) is 6.11. The maximum absolute atomic E-state index is 5.85. The van der Waals surface area contributed by atoms with Crippen LogP contribution < -0.4 is 10.1 Å². The maximum Gasteiger partial charge on any atom is 0.140 e. The first kappa shape index (κ1) is 11.2. The summed E-state index contributed by atoms with van der Waals surface area (Å²) in [6, 6.07) is 8.21. The smallest absolute Gasteiger partial charge is 0.140 e. The van der Waals surface area contributed by atoms with Crippen LogP contribution in [0.3, 0.4) is 0 Å². The monoisotopic (exact) mass is 244 g/mol. The molecule has 2 heterocycles. The molecule has 0 radical (unpaired) electrons. The predicted octanol–water partition coefficient (Wildman–Crippen LogP) is 0.908. The lowest BCUT2D eigenvalue weighted by Crippen LogP contribution is -2.30. The SMILES string of the molecule is Cn1ncnc1CNCC1Cc2ccccc2O1. The minimum Gasteiger partial charge on any atom is -0.488 e. The summed E-state index contributed by atoms with van der Waals surface area (Å²) < 4.78 is 7.63. The number of aryl methyl sites for hydroxylation is 1. The van der Waals surface area contributed by atoms with Crippen molar-refractivity contribution in [2.75, 3.05) is 6.54 Å². The Morgan fingerprint density at radius 3 is 3.11 bits per heavy atom. The van der Waals surface area contributed by atoms with Crippen LogP contribution in [0.2, 0.25) is 0 Å². The molecule has 18 heavy (non-hydrogen) atoms. The van der Waals surface area contributed by atoms with Gasteiger partial charge in [-0.3, -0.25) is 4.68 Å². The average molecular weight is 244 g/mol. The Balaban J connectivity index is 1.50. The van der Waals surface area contributed by atoms with Crippen molar-refractivity contribution in [3.05, 3.63) is 42.0 Å². The summed E-state index contributed by atoms with van der Waals surface area (Å²) in [7, 11) is 1.89. The van der Waals surface area contributed by atoms with Crippen LogP contribution in [0, 0.1) is 0 Å². The maximum atomic E-state index is 5.85. The second-order valence-electron chi connectivity index (χ2n) is 4.48. The Morgan fingerprint density at radius 2 is 2.33 bits per heavy atom. The molecule has 1 aliphatic heterocycles. The largest absolute Gasteiger partial charge is 0.488 e. The van der Waals surface area contributed by atoms with E-state index in [4.69, 9.17) is 4.74 Å². The van der Waals surface area contributed by atoms with Gasteiger partial charge < -0.3 is 10.1 Å². The summed E-state index contributed by atoms with van der Waals surface area (Å²) in [5, 5.41) is 7.39. The van der Waals surface area contributed by atoms with E-state index in [-0.39, 0.29) is 6.10 Å². The zero-order valence-corrected chi connectivity index (χ0v) is 10.3. The molecule has 2 aromatic rings. The number of rotatable bonds is 4. The van der Waals surface area contributed by atoms with Crippen LogP contribution in [-0.2, 0) is 20.0 Å². The molecular formula is C13H16N4O. The molecule has 0 spiro atoms.